The van der Waals surface area contributed by atoms with Gasteiger partial charge in [0, 0.05) is 18.6 Å². The van der Waals surface area contributed by atoms with Crippen LogP contribution in [0.3, 0.4) is 0 Å². The van der Waals surface area contributed by atoms with Crippen LogP contribution in [0.15, 0.2) is 11.5 Å². The molecule has 140 valence electrons. The molecule has 4 fully saturated rings. The molecule has 26 heavy (non-hydrogen) atoms. The molecule has 0 aliphatic heterocycles. The minimum absolute atomic E-state index is 0.0155. The van der Waals surface area contributed by atoms with Crippen LogP contribution < -0.4 is 0 Å². The fourth-order valence-electron chi connectivity index (χ4n) is 5.96. The first-order valence-electron chi connectivity index (χ1n) is 9.81. The van der Waals surface area contributed by atoms with Gasteiger partial charge in [-0.25, -0.2) is 0 Å². The standard InChI is InChI=1S/C19H27N5OS/c1-2-23-13-21-22-18(23)26-12-17(25)24(5-3-4-20)19-9-14-6-15(10-19)8-16(7-14)11-19/h13-16H,2-3,5-12H2,1H3. The van der Waals surface area contributed by atoms with Crippen LogP contribution in [0.5, 0.6) is 0 Å². The maximum Gasteiger partial charge on any atom is 0.233 e. The van der Waals surface area contributed by atoms with E-state index in [1.165, 1.54) is 31.0 Å². The number of nitriles is 1. The van der Waals surface area contributed by atoms with Crippen LogP contribution in [-0.4, -0.2) is 43.4 Å². The van der Waals surface area contributed by atoms with Gasteiger partial charge in [0.15, 0.2) is 5.16 Å². The Morgan fingerprint density at radius 1 is 1.35 bits per heavy atom. The van der Waals surface area contributed by atoms with Gasteiger partial charge in [0.2, 0.25) is 5.91 Å². The van der Waals surface area contributed by atoms with Crippen molar-refractivity contribution in [2.45, 2.75) is 69.1 Å². The highest BCUT2D eigenvalue weighted by atomic mass is 32.2. The Morgan fingerprint density at radius 2 is 2.00 bits per heavy atom. The van der Waals surface area contributed by atoms with E-state index in [4.69, 9.17) is 5.26 Å². The number of hydrogen-bond donors (Lipinski definition) is 0. The summed E-state index contributed by atoms with van der Waals surface area (Å²) in [6, 6.07) is 2.25. The molecule has 0 N–H and O–H groups in total. The zero-order valence-corrected chi connectivity index (χ0v) is 16.2. The number of aryl methyl sites for hydroxylation is 1. The molecule has 0 spiro atoms. The molecule has 4 aliphatic rings. The van der Waals surface area contributed by atoms with E-state index < -0.39 is 0 Å². The molecule has 1 amide bonds. The van der Waals surface area contributed by atoms with Gasteiger partial charge < -0.3 is 9.47 Å². The molecule has 0 aromatic carbocycles. The van der Waals surface area contributed by atoms with E-state index in [2.05, 4.69) is 21.2 Å². The second kappa shape index (κ2) is 7.22. The predicted octanol–water partition coefficient (Wildman–Crippen LogP) is 3.10. The van der Waals surface area contributed by atoms with Gasteiger partial charge in [0.25, 0.3) is 0 Å². The van der Waals surface area contributed by atoms with Crippen molar-refractivity contribution in [2.24, 2.45) is 17.8 Å². The summed E-state index contributed by atoms with van der Waals surface area (Å²) in [5.74, 6) is 2.91. The summed E-state index contributed by atoms with van der Waals surface area (Å²) in [5.41, 5.74) is 0.0155. The van der Waals surface area contributed by atoms with Crippen molar-refractivity contribution in [2.75, 3.05) is 12.3 Å². The number of aromatic nitrogens is 3. The first-order valence-corrected chi connectivity index (χ1v) is 10.8. The maximum absolute atomic E-state index is 13.2. The molecule has 7 heteroatoms. The monoisotopic (exact) mass is 373 g/mol. The van der Waals surface area contributed by atoms with E-state index >= 15 is 0 Å². The fraction of sp³-hybridized carbons (Fsp3) is 0.789. The van der Waals surface area contributed by atoms with Gasteiger partial charge >= 0.3 is 0 Å². The van der Waals surface area contributed by atoms with E-state index in [0.29, 0.717) is 18.7 Å². The number of nitrogens with zero attached hydrogens (tertiary/aromatic N) is 5. The number of carbonyl (C=O) groups excluding carboxylic acids is 1. The smallest absolute Gasteiger partial charge is 0.233 e. The quantitative estimate of drug-likeness (QED) is 0.687. The second-order valence-corrected chi connectivity index (χ2v) is 9.23. The average molecular weight is 374 g/mol. The molecule has 6 nitrogen and oxygen atoms in total. The SMILES string of the molecule is CCn1cnnc1SCC(=O)N(CCC#N)C12CC3CC(CC(C3)C1)C2. The zero-order valence-electron chi connectivity index (χ0n) is 15.4. The first kappa shape index (κ1) is 17.8. The summed E-state index contributed by atoms with van der Waals surface area (Å²) in [4.78, 5) is 15.3. The van der Waals surface area contributed by atoms with E-state index in [-0.39, 0.29) is 11.4 Å². The Balaban J connectivity index is 1.49. The van der Waals surface area contributed by atoms with Crippen LogP contribution >= 0.6 is 11.8 Å². The summed E-state index contributed by atoms with van der Waals surface area (Å²) in [6.07, 6.45) is 9.63. The summed E-state index contributed by atoms with van der Waals surface area (Å²) in [7, 11) is 0. The zero-order chi connectivity index (χ0) is 18.1. The molecule has 0 saturated heterocycles. The lowest BCUT2D eigenvalue weighted by molar-refractivity contribution is -0.147. The Labute approximate surface area is 159 Å². The number of carbonyl (C=O) groups is 1. The Bertz CT molecular complexity index is 674. The van der Waals surface area contributed by atoms with Crippen molar-refractivity contribution in [1.82, 2.24) is 19.7 Å². The molecular weight excluding hydrogens is 346 g/mol. The average Bonchev–Trinajstić information content (AvgIpc) is 3.06. The molecule has 4 bridgehead atoms. The molecule has 1 aromatic heterocycles. The van der Waals surface area contributed by atoms with Gasteiger partial charge in [-0.1, -0.05) is 11.8 Å². The van der Waals surface area contributed by atoms with Crippen LogP contribution in [0.4, 0.5) is 0 Å². The van der Waals surface area contributed by atoms with Crippen LogP contribution in [0.25, 0.3) is 0 Å². The molecular formula is C19H27N5OS. The maximum atomic E-state index is 13.2. The molecule has 0 radical (unpaired) electrons. The molecule has 1 heterocycles. The van der Waals surface area contributed by atoms with Crippen LogP contribution in [0, 0.1) is 29.1 Å². The molecule has 0 unspecified atom stereocenters. The third-order valence-electron chi connectivity index (χ3n) is 6.57. The number of hydrogen-bond acceptors (Lipinski definition) is 5. The highest BCUT2D eigenvalue weighted by Gasteiger charge is 2.54. The van der Waals surface area contributed by atoms with Crippen molar-refractivity contribution in [3.63, 3.8) is 0 Å². The van der Waals surface area contributed by atoms with Crippen molar-refractivity contribution in [3.8, 4) is 6.07 Å². The van der Waals surface area contributed by atoms with Crippen LogP contribution in [-0.2, 0) is 11.3 Å². The van der Waals surface area contributed by atoms with Gasteiger partial charge in [-0.05, 0) is 63.2 Å². The first-order chi connectivity index (χ1) is 12.6. The number of rotatable bonds is 7. The lowest BCUT2D eigenvalue weighted by Crippen LogP contribution is -2.62. The van der Waals surface area contributed by atoms with Gasteiger partial charge in [0.05, 0.1) is 18.2 Å². The predicted molar refractivity (Wildman–Crippen MR) is 99.3 cm³/mol. The van der Waals surface area contributed by atoms with E-state index in [9.17, 15) is 4.79 Å². The highest BCUT2D eigenvalue weighted by Crippen LogP contribution is 2.57. The molecule has 4 aliphatic carbocycles. The van der Waals surface area contributed by atoms with Gasteiger partial charge in [0.1, 0.15) is 6.33 Å². The van der Waals surface area contributed by atoms with Crippen LogP contribution in [0.1, 0.15) is 51.9 Å². The Hall–Kier alpha value is -1.55. The Morgan fingerprint density at radius 3 is 2.58 bits per heavy atom. The Kier molecular flexibility index (Phi) is 4.96. The minimum Gasteiger partial charge on any atom is -0.335 e. The number of amides is 1. The van der Waals surface area contributed by atoms with Crippen molar-refractivity contribution >= 4 is 17.7 Å². The van der Waals surface area contributed by atoms with Crippen molar-refractivity contribution in [1.29, 1.82) is 5.26 Å². The molecule has 4 saturated carbocycles. The van der Waals surface area contributed by atoms with Gasteiger partial charge in [-0.15, -0.1) is 10.2 Å². The van der Waals surface area contributed by atoms with Crippen LogP contribution in [0.2, 0.25) is 0 Å². The third-order valence-corrected chi connectivity index (χ3v) is 7.54. The van der Waals surface area contributed by atoms with Gasteiger partial charge in [-0.3, -0.25) is 4.79 Å². The number of thioether (sulfide) groups is 1. The molecule has 5 rings (SSSR count). The topological polar surface area (TPSA) is 74.8 Å². The summed E-state index contributed by atoms with van der Waals surface area (Å²) in [6.45, 7) is 3.42. The molecule has 0 atom stereocenters. The summed E-state index contributed by atoms with van der Waals surface area (Å²) in [5, 5.41) is 18.0. The van der Waals surface area contributed by atoms with Crippen molar-refractivity contribution < 1.29 is 4.79 Å². The summed E-state index contributed by atoms with van der Waals surface area (Å²) >= 11 is 1.47. The largest absolute Gasteiger partial charge is 0.335 e. The molecule has 1 aromatic rings. The van der Waals surface area contributed by atoms with E-state index in [1.807, 2.05) is 11.5 Å². The third kappa shape index (κ3) is 3.24. The highest BCUT2D eigenvalue weighted by molar-refractivity contribution is 7.99. The van der Waals surface area contributed by atoms with E-state index in [1.54, 1.807) is 6.33 Å². The fourth-order valence-corrected chi connectivity index (χ4v) is 6.82. The van der Waals surface area contributed by atoms with Crippen molar-refractivity contribution in [3.05, 3.63) is 6.33 Å². The second-order valence-electron chi connectivity index (χ2n) is 8.28. The van der Waals surface area contributed by atoms with Gasteiger partial charge in [-0.2, -0.15) is 5.26 Å². The minimum atomic E-state index is 0.0155. The lowest BCUT2D eigenvalue weighted by atomic mass is 9.52. The lowest BCUT2D eigenvalue weighted by Gasteiger charge is -2.60. The summed E-state index contributed by atoms with van der Waals surface area (Å²) < 4.78 is 1.96. The van der Waals surface area contributed by atoms with E-state index in [0.717, 1.165) is 48.7 Å². The normalized spacial score (nSPS) is 31.8.